The molecule has 0 aromatic heterocycles. The molecule has 0 aliphatic carbocycles. The van der Waals surface area contributed by atoms with Gasteiger partial charge in [-0.05, 0) is 33.1 Å². The first-order valence-corrected chi connectivity index (χ1v) is 7.51. The number of nitrogens with two attached hydrogens (primary N) is 1. The van der Waals surface area contributed by atoms with Gasteiger partial charge in [-0.25, -0.2) is 0 Å². The Morgan fingerprint density at radius 3 is 2.35 bits per heavy atom. The van der Waals surface area contributed by atoms with Gasteiger partial charge >= 0.3 is 0 Å². The average Bonchev–Trinajstić information content (AvgIpc) is 2.36. The van der Waals surface area contributed by atoms with E-state index in [0.717, 1.165) is 25.8 Å². The second kappa shape index (κ2) is 6.57. The van der Waals surface area contributed by atoms with Crippen LogP contribution in [0.4, 0.5) is 0 Å². The molecule has 2 amide bonds. The first kappa shape index (κ1) is 17.0. The number of nitrogens with zero attached hydrogens (tertiary/aromatic N) is 1. The highest BCUT2D eigenvalue weighted by molar-refractivity contribution is 5.89. The van der Waals surface area contributed by atoms with Gasteiger partial charge in [-0.3, -0.25) is 9.59 Å². The molecule has 0 spiro atoms. The van der Waals surface area contributed by atoms with Crippen molar-refractivity contribution < 1.29 is 9.59 Å². The molecule has 0 radical (unpaired) electrons. The maximum Gasteiger partial charge on any atom is 0.245 e. The highest BCUT2D eigenvalue weighted by atomic mass is 16.2. The number of hydrogen-bond acceptors (Lipinski definition) is 3. The molecule has 0 saturated carbocycles. The molecule has 3 unspecified atom stereocenters. The minimum Gasteiger partial charge on any atom is -0.344 e. The van der Waals surface area contributed by atoms with Crippen LogP contribution in [0.25, 0.3) is 0 Å². The largest absolute Gasteiger partial charge is 0.344 e. The molecule has 1 heterocycles. The molecule has 5 nitrogen and oxygen atoms in total. The van der Waals surface area contributed by atoms with Gasteiger partial charge in [0, 0.05) is 24.0 Å². The fourth-order valence-corrected chi connectivity index (χ4v) is 2.50. The summed E-state index contributed by atoms with van der Waals surface area (Å²) in [7, 11) is 0. The molecule has 1 aliphatic rings. The van der Waals surface area contributed by atoms with Crippen molar-refractivity contribution in [3.8, 4) is 0 Å². The topological polar surface area (TPSA) is 75.4 Å². The van der Waals surface area contributed by atoms with Crippen LogP contribution in [-0.2, 0) is 9.59 Å². The van der Waals surface area contributed by atoms with E-state index in [1.165, 1.54) is 0 Å². The van der Waals surface area contributed by atoms with Gasteiger partial charge in [0.1, 0.15) is 6.04 Å². The lowest BCUT2D eigenvalue weighted by Gasteiger charge is -2.39. The highest BCUT2D eigenvalue weighted by Crippen LogP contribution is 2.20. The predicted molar refractivity (Wildman–Crippen MR) is 80.1 cm³/mol. The van der Waals surface area contributed by atoms with Gasteiger partial charge in [0.2, 0.25) is 11.8 Å². The summed E-state index contributed by atoms with van der Waals surface area (Å²) in [5.74, 6) is -0.127. The van der Waals surface area contributed by atoms with Gasteiger partial charge in [-0.2, -0.15) is 0 Å². The Morgan fingerprint density at radius 1 is 1.25 bits per heavy atom. The molecule has 1 aliphatic heterocycles. The first-order chi connectivity index (χ1) is 9.14. The number of likely N-dealkylation sites (tertiary alicyclic amines) is 1. The third-order valence-corrected chi connectivity index (χ3v) is 3.84. The maximum absolute atomic E-state index is 12.5. The van der Waals surface area contributed by atoms with Crippen molar-refractivity contribution >= 4 is 11.8 Å². The van der Waals surface area contributed by atoms with Crippen molar-refractivity contribution in [1.82, 2.24) is 10.2 Å². The minimum absolute atomic E-state index is 0.0235. The van der Waals surface area contributed by atoms with E-state index in [1.807, 2.05) is 32.6 Å². The smallest absolute Gasteiger partial charge is 0.245 e. The molecule has 0 aromatic carbocycles. The zero-order valence-electron chi connectivity index (χ0n) is 13.4. The normalized spacial score (nSPS) is 23.1. The zero-order chi connectivity index (χ0) is 15.5. The summed E-state index contributed by atoms with van der Waals surface area (Å²) in [6, 6.07) is -0.448. The van der Waals surface area contributed by atoms with E-state index in [-0.39, 0.29) is 23.9 Å². The van der Waals surface area contributed by atoms with Crippen molar-refractivity contribution in [2.45, 2.75) is 72.0 Å². The third kappa shape index (κ3) is 4.20. The fourth-order valence-electron chi connectivity index (χ4n) is 2.50. The minimum atomic E-state index is -0.499. The molecule has 1 fully saturated rings. The third-order valence-electron chi connectivity index (χ3n) is 3.84. The van der Waals surface area contributed by atoms with Crippen LogP contribution in [0.5, 0.6) is 0 Å². The first-order valence-electron chi connectivity index (χ1n) is 7.51. The molecular weight excluding hydrogens is 254 g/mol. The number of nitrogens with one attached hydrogen (secondary N) is 1. The van der Waals surface area contributed by atoms with E-state index in [1.54, 1.807) is 6.92 Å². The summed E-state index contributed by atoms with van der Waals surface area (Å²) in [5, 5.41) is 2.81. The number of carbonyl (C=O) groups excluding carboxylic acids is 2. The number of piperidine rings is 1. The van der Waals surface area contributed by atoms with Crippen molar-refractivity contribution in [2.75, 3.05) is 6.54 Å². The predicted octanol–water partition coefficient (Wildman–Crippen LogP) is 1.27. The summed E-state index contributed by atoms with van der Waals surface area (Å²) >= 11 is 0. The van der Waals surface area contributed by atoms with E-state index in [2.05, 4.69) is 5.32 Å². The van der Waals surface area contributed by atoms with Gasteiger partial charge in [0.15, 0.2) is 0 Å². The van der Waals surface area contributed by atoms with Gasteiger partial charge in [-0.15, -0.1) is 0 Å². The van der Waals surface area contributed by atoms with Crippen LogP contribution >= 0.6 is 0 Å². The van der Waals surface area contributed by atoms with E-state index >= 15 is 0 Å². The molecule has 0 aromatic rings. The Hall–Kier alpha value is -1.10. The lowest BCUT2D eigenvalue weighted by atomic mass is 9.94. The van der Waals surface area contributed by atoms with Crippen molar-refractivity contribution in [1.29, 1.82) is 0 Å². The van der Waals surface area contributed by atoms with E-state index in [4.69, 9.17) is 5.73 Å². The fraction of sp³-hybridized carbons (Fsp3) is 0.867. The Kier molecular flexibility index (Phi) is 5.57. The molecule has 5 heteroatoms. The highest BCUT2D eigenvalue weighted by Gasteiger charge is 2.33. The Bertz CT molecular complexity index is 361. The van der Waals surface area contributed by atoms with Crippen LogP contribution in [0.2, 0.25) is 0 Å². The molecule has 3 atom stereocenters. The molecule has 0 bridgehead atoms. The van der Waals surface area contributed by atoms with E-state index in [9.17, 15) is 9.59 Å². The van der Waals surface area contributed by atoms with Crippen LogP contribution in [0.1, 0.15) is 53.9 Å². The molecular formula is C15H29N3O2. The van der Waals surface area contributed by atoms with Crippen LogP contribution < -0.4 is 11.1 Å². The lowest BCUT2D eigenvalue weighted by Crippen LogP contribution is -2.57. The Morgan fingerprint density at radius 2 is 1.85 bits per heavy atom. The van der Waals surface area contributed by atoms with Gasteiger partial charge < -0.3 is 16.0 Å². The Labute approximate surface area is 122 Å². The van der Waals surface area contributed by atoms with Crippen LogP contribution in [0.3, 0.4) is 0 Å². The van der Waals surface area contributed by atoms with Crippen molar-refractivity contribution in [3.05, 3.63) is 0 Å². The molecule has 116 valence electrons. The van der Waals surface area contributed by atoms with Crippen molar-refractivity contribution in [3.63, 3.8) is 0 Å². The molecule has 1 saturated heterocycles. The quantitative estimate of drug-likeness (QED) is 0.819. The summed E-state index contributed by atoms with van der Waals surface area (Å²) in [6.45, 7) is 9.94. The van der Waals surface area contributed by atoms with Gasteiger partial charge in [-0.1, -0.05) is 20.8 Å². The maximum atomic E-state index is 12.5. The molecule has 20 heavy (non-hydrogen) atoms. The number of rotatable bonds is 3. The monoisotopic (exact) mass is 283 g/mol. The summed E-state index contributed by atoms with van der Waals surface area (Å²) in [5.41, 5.74) is 5.50. The number of amides is 2. The number of hydrogen-bond donors (Lipinski definition) is 2. The van der Waals surface area contributed by atoms with E-state index < -0.39 is 11.5 Å². The van der Waals surface area contributed by atoms with Gasteiger partial charge in [0.25, 0.3) is 0 Å². The van der Waals surface area contributed by atoms with Crippen LogP contribution in [0, 0.1) is 5.41 Å². The van der Waals surface area contributed by atoms with Crippen molar-refractivity contribution in [2.24, 2.45) is 11.1 Å². The second-order valence-corrected chi connectivity index (χ2v) is 6.90. The standard InChI is InChI=1S/C15H29N3O2/c1-10(16)12-8-6-7-9-18(12)13(19)11(2)17-14(20)15(3,4)5/h10-12H,6-9,16H2,1-5H3,(H,17,20). The molecule has 1 rings (SSSR count). The average molecular weight is 283 g/mol. The SMILES string of the molecule is CC(NC(=O)C(C)(C)C)C(=O)N1CCCCC1C(C)N. The van der Waals surface area contributed by atoms with Crippen LogP contribution in [-0.4, -0.2) is 41.4 Å². The summed E-state index contributed by atoms with van der Waals surface area (Å²) in [4.78, 5) is 26.4. The number of carbonyl (C=O) groups is 2. The summed E-state index contributed by atoms with van der Waals surface area (Å²) in [6.07, 6.45) is 3.07. The van der Waals surface area contributed by atoms with E-state index in [0.29, 0.717) is 0 Å². The van der Waals surface area contributed by atoms with Gasteiger partial charge in [0.05, 0.1) is 0 Å². The summed E-state index contributed by atoms with van der Waals surface area (Å²) < 4.78 is 0. The zero-order valence-corrected chi connectivity index (χ0v) is 13.4. The molecule has 3 N–H and O–H groups in total. The second-order valence-electron chi connectivity index (χ2n) is 6.90. The van der Waals surface area contributed by atoms with Crippen LogP contribution in [0.15, 0.2) is 0 Å². The Balaban J connectivity index is 2.70. The lowest BCUT2D eigenvalue weighted by molar-refractivity contribution is -0.141.